The molecule has 0 aliphatic carbocycles. The van der Waals surface area contributed by atoms with Crippen molar-refractivity contribution in [1.29, 1.82) is 0 Å². The fourth-order valence-electron chi connectivity index (χ4n) is 3.14. The number of benzene rings is 2. The van der Waals surface area contributed by atoms with Gasteiger partial charge in [0.2, 0.25) is 5.91 Å². The van der Waals surface area contributed by atoms with E-state index in [9.17, 15) is 27.9 Å². The van der Waals surface area contributed by atoms with Crippen LogP contribution in [0.3, 0.4) is 0 Å². The number of phenols is 1. The zero-order valence-corrected chi connectivity index (χ0v) is 15.0. The molecule has 0 fully saturated rings. The number of fused-ring (bicyclic) bond motifs is 1. The van der Waals surface area contributed by atoms with Gasteiger partial charge >= 0.3 is 12.1 Å². The van der Waals surface area contributed by atoms with Gasteiger partial charge in [-0.15, -0.1) is 0 Å². The van der Waals surface area contributed by atoms with Gasteiger partial charge in [-0.05, 0) is 17.7 Å². The lowest BCUT2D eigenvalue weighted by Gasteiger charge is -2.38. The molecule has 0 saturated carbocycles. The number of hydrogen-bond donors (Lipinski definition) is 3. The molecule has 2 atom stereocenters. The van der Waals surface area contributed by atoms with Crippen LogP contribution in [-0.4, -0.2) is 47.1 Å². The minimum absolute atomic E-state index is 0.0721. The molecule has 10 heteroatoms. The number of ether oxygens (including phenoxy) is 1. The van der Waals surface area contributed by atoms with E-state index in [0.717, 1.165) is 0 Å². The third-order valence-electron chi connectivity index (χ3n) is 4.35. The number of primary amides is 1. The predicted octanol–water partition coefficient (Wildman–Crippen LogP) is 2.18. The van der Waals surface area contributed by atoms with Gasteiger partial charge in [-0.2, -0.15) is 13.2 Å². The van der Waals surface area contributed by atoms with E-state index in [4.69, 9.17) is 10.5 Å². The normalized spacial score (nSPS) is 18.2. The molecule has 1 aliphatic heterocycles. The first-order chi connectivity index (χ1) is 13.6. The van der Waals surface area contributed by atoms with Gasteiger partial charge in [0, 0.05) is 12.6 Å². The van der Waals surface area contributed by atoms with Crippen LogP contribution in [-0.2, 0) is 9.59 Å². The largest absolute Gasteiger partial charge is 0.508 e. The molecule has 29 heavy (non-hydrogen) atoms. The average molecular weight is 409 g/mol. The van der Waals surface area contributed by atoms with Gasteiger partial charge in [-0.3, -0.25) is 9.59 Å². The van der Waals surface area contributed by atoms with E-state index >= 15 is 0 Å². The van der Waals surface area contributed by atoms with E-state index in [2.05, 4.69) is 5.32 Å². The van der Waals surface area contributed by atoms with Crippen molar-refractivity contribution in [2.24, 2.45) is 5.73 Å². The Kier molecular flexibility index (Phi) is 5.53. The van der Waals surface area contributed by atoms with Crippen LogP contribution in [0.25, 0.3) is 0 Å². The summed E-state index contributed by atoms with van der Waals surface area (Å²) in [5.74, 6) is -2.94. The highest BCUT2D eigenvalue weighted by Crippen LogP contribution is 2.39. The first kappa shape index (κ1) is 20.3. The second-order valence-corrected chi connectivity index (χ2v) is 6.53. The average Bonchev–Trinajstić information content (AvgIpc) is 2.66. The molecular formula is C19H18F3N3O4. The molecule has 1 heterocycles. The Morgan fingerprint density at radius 2 is 1.86 bits per heavy atom. The number of rotatable bonds is 5. The highest BCUT2D eigenvalue weighted by atomic mass is 19.4. The standard InChI is InChI=1S/C19H18F3N3O4/c20-19(21,22)18(28)25(10-16(23)27)9-14-17(11-4-2-1-3-5-11)29-15-7-6-12(26)8-13(15)24-14/h1-8,14,17,24,26H,9-10H2,(H2,23,27). The number of nitrogens with two attached hydrogens (primary N) is 1. The number of phenolic OH excluding ortho intramolecular Hbond substituents is 1. The van der Waals surface area contributed by atoms with Crippen LogP contribution >= 0.6 is 0 Å². The first-order valence-corrected chi connectivity index (χ1v) is 8.60. The lowest BCUT2D eigenvalue weighted by molar-refractivity contribution is -0.186. The Morgan fingerprint density at radius 1 is 1.17 bits per heavy atom. The number of nitrogens with zero attached hydrogens (tertiary/aromatic N) is 1. The summed E-state index contributed by atoms with van der Waals surface area (Å²) in [4.78, 5) is 23.4. The number of carbonyl (C=O) groups excluding carboxylic acids is 2. The van der Waals surface area contributed by atoms with E-state index in [-0.39, 0.29) is 5.75 Å². The molecular weight excluding hydrogens is 391 g/mol. The maximum absolute atomic E-state index is 13.0. The topological polar surface area (TPSA) is 105 Å². The molecule has 2 aromatic carbocycles. The minimum Gasteiger partial charge on any atom is -0.508 e. The van der Waals surface area contributed by atoms with Crippen molar-refractivity contribution in [3.8, 4) is 11.5 Å². The van der Waals surface area contributed by atoms with Crippen LogP contribution in [0.4, 0.5) is 18.9 Å². The zero-order valence-electron chi connectivity index (χ0n) is 15.0. The minimum atomic E-state index is -5.16. The third kappa shape index (κ3) is 4.71. The highest BCUT2D eigenvalue weighted by Gasteiger charge is 2.44. The number of anilines is 1. The summed E-state index contributed by atoms with van der Waals surface area (Å²) in [6.45, 7) is -1.40. The van der Waals surface area contributed by atoms with Crippen molar-refractivity contribution in [3.63, 3.8) is 0 Å². The van der Waals surface area contributed by atoms with Crippen LogP contribution in [0.5, 0.6) is 11.5 Å². The number of alkyl halides is 3. The number of carbonyl (C=O) groups is 2. The summed E-state index contributed by atoms with van der Waals surface area (Å²) in [7, 11) is 0. The summed E-state index contributed by atoms with van der Waals surface area (Å²) in [5, 5.41) is 12.7. The number of hydrogen-bond acceptors (Lipinski definition) is 5. The Labute approximate surface area is 163 Å². The summed E-state index contributed by atoms with van der Waals surface area (Å²) < 4.78 is 44.9. The maximum Gasteiger partial charge on any atom is 0.471 e. The first-order valence-electron chi connectivity index (χ1n) is 8.60. The van der Waals surface area contributed by atoms with Gasteiger partial charge in [0.25, 0.3) is 0 Å². The van der Waals surface area contributed by atoms with Crippen molar-refractivity contribution < 1.29 is 32.6 Å². The molecule has 7 nitrogen and oxygen atoms in total. The highest BCUT2D eigenvalue weighted by molar-refractivity contribution is 5.87. The predicted molar refractivity (Wildman–Crippen MR) is 97.2 cm³/mol. The molecule has 0 aromatic heterocycles. The van der Waals surface area contributed by atoms with Gasteiger partial charge in [0.15, 0.2) is 0 Å². The zero-order chi connectivity index (χ0) is 21.2. The summed E-state index contributed by atoms with van der Waals surface area (Å²) >= 11 is 0. The maximum atomic E-state index is 13.0. The summed E-state index contributed by atoms with van der Waals surface area (Å²) in [5.41, 5.74) is 6.04. The van der Waals surface area contributed by atoms with Crippen molar-refractivity contribution in [1.82, 2.24) is 4.90 Å². The van der Waals surface area contributed by atoms with Crippen LogP contribution in [0.1, 0.15) is 11.7 Å². The fourth-order valence-corrected chi connectivity index (χ4v) is 3.14. The Balaban J connectivity index is 1.95. The van der Waals surface area contributed by atoms with Gasteiger partial charge < -0.3 is 25.8 Å². The quantitative estimate of drug-likeness (QED) is 0.702. The molecule has 4 N–H and O–H groups in total. The van der Waals surface area contributed by atoms with Crippen molar-refractivity contribution in [2.45, 2.75) is 18.3 Å². The van der Waals surface area contributed by atoms with Crippen LogP contribution in [0.15, 0.2) is 48.5 Å². The van der Waals surface area contributed by atoms with Crippen LogP contribution in [0.2, 0.25) is 0 Å². The van der Waals surface area contributed by atoms with E-state index < -0.39 is 43.2 Å². The Hall–Kier alpha value is -3.43. The molecule has 0 radical (unpaired) electrons. The van der Waals surface area contributed by atoms with Gasteiger partial charge in [-0.1, -0.05) is 30.3 Å². The van der Waals surface area contributed by atoms with Gasteiger partial charge in [-0.25, -0.2) is 0 Å². The molecule has 2 unspecified atom stereocenters. The number of halogens is 3. The van der Waals surface area contributed by atoms with E-state index in [1.807, 2.05) is 0 Å². The van der Waals surface area contributed by atoms with Crippen LogP contribution in [0, 0.1) is 0 Å². The molecule has 0 saturated heterocycles. The smallest absolute Gasteiger partial charge is 0.471 e. The van der Waals surface area contributed by atoms with Gasteiger partial charge in [0.1, 0.15) is 17.6 Å². The molecule has 2 amide bonds. The number of nitrogens with one attached hydrogen (secondary N) is 1. The fraction of sp³-hybridized carbons (Fsp3) is 0.263. The van der Waals surface area contributed by atoms with Crippen molar-refractivity contribution in [2.75, 3.05) is 18.4 Å². The van der Waals surface area contributed by atoms with E-state index in [1.165, 1.54) is 18.2 Å². The SMILES string of the molecule is NC(=O)CN(CC1Nc2cc(O)ccc2OC1c1ccccc1)C(=O)C(F)(F)F. The van der Waals surface area contributed by atoms with Crippen molar-refractivity contribution >= 4 is 17.5 Å². The lowest BCUT2D eigenvalue weighted by atomic mass is 9.99. The Bertz CT molecular complexity index is 905. The molecule has 2 aromatic rings. The summed E-state index contributed by atoms with van der Waals surface area (Å²) in [6, 6.07) is 12.2. The van der Waals surface area contributed by atoms with Gasteiger partial charge in [0.05, 0.1) is 18.3 Å². The second kappa shape index (κ2) is 7.90. The van der Waals surface area contributed by atoms with E-state index in [0.29, 0.717) is 21.9 Å². The monoisotopic (exact) mass is 409 g/mol. The molecule has 0 spiro atoms. The molecule has 154 valence electrons. The van der Waals surface area contributed by atoms with E-state index in [1.54, 1.807) is 30.3 Å². The third-order valence-corrected chi connectivity index (χ3v) is 4.35. The summed E-state index contributed by atoms with van der Waals surface area (Å²) in [6.07, 6.45) is -5.92. The Morgan fingerprint density at radius 3 is 2.48 bits per heavy atom. The number of aromatic hydroxyl groups is 1. The molecule has 0 bridgehead atoms. The lowest BCUT2D eigenvalue weighted by Crippen LogP contribution is -2.52. The number of amides is 2. The second-order valence-electron chi connectivity index (χ2n) is 6.53. The molecule has 3 rings (SSSR count). The van der Waals surface area contributed by atoms with Crippen LogP contribution < -0.4 is 15.8 Å². The van der Waals surface area contributed by atoms with Crippen molar-refractivity contribution in [3.05, 3.63) is 54.1 Å². The molecule has 1 aliphatic rings.